The summed E-state index contributed by atoms with van der Waals surface area (Å²) >= 11 is 5.04. The molecule has 96 valence electrons. The van der Waals surface area contributed by atoms with Gasteiger partial charge in [0.1, 0.15) is 4.64 Å². The molecule has 1 heterocycles. The lowest BCUT2D eigenvalue weighted by molar-refractivity contribution is 0.789. The lowest BCUT2D eigenvalue weighted by Gasteiger charge is -2.18. The Bertz CT molecular complexity index is 664. The van der Waals surface area contributed by atoms with Gasteiger partial charge in [0.05, 0.1) is 11.7 Å². The van der Waals surface area contributed by atoms with Crippen LogP contribution in [0.25, 0.3) is 0 Å². The normalized spacial score (nSPS) is 15.8. The summed E-state index contributed by atoms with van der Waals surface area (Å²) in [6, 6.07) is 10.2. The van der Waals surface area contributed by atoms with Gasteiger partial charge in [-0.25, -0.2) is 4.98 Å². The molecule has 3 rings (SSSR count). The summed E-state index contributed by atoms with van der Waals surface area (Å²) in [7, 11) is 0. The van der Waals surface area contributed by atoms with Gasteiger partial charge in [0.25, 0.3) is 0 Å². The maximum Gasteiger partial charge on any atom is 0.201 e. The molecule has 1 aromatic heterocycles. The second kappa shape index (κ2) is 4.55. The number of rotatable bonds is 4. The number of nitrogens with zero attached hydrogens (tertiary/aromatic N) is 2. The quantitative estimate of drug-likeness (QED) is 0.658. The third kappa shape index (κ3) is 2.26. The highest BCUT2D eigenvalue weighted by Crippen LogP contribution is 2.47. The van der Waals surface area contributed by atoms with Crippen LogP contribution >= 0.6 is 12.2 Å². The number of hydrogen-bond acceptors (Lipinski definition) is 5. The van der Waals surface area contributed by atoms with Crippen LogP contribution in [0.4, 0.5) is 11.6 Å². The molecular weight excluding hydrogens is 260 g/mol. The van der Waals surface area contributed by atoms with Crippen LogP contribution < -0.4 is 5.32 Å². The lowest BCUT2D eigenvalue weighted by Crippen LogP contribution is -2.20. The molecule has 0 aliphatic heterocycles. The minimum absolute atomic E-state index is 0.0668. The molecule has 6 heteroatoms. The zero-order valence-corrected chi connectivity index (χ0v) is 10.9. The minimum Gasteiger partial charge on any atom is -0.346 e. The van der Waals surface area contributed by atoms with Crippen molar-refractivity contribution in [2.75, 3.05) is 5.32 Å². The van der Waals surface area contributed by atoms with Gasteiger partial charge in [0, 0.05) is 0 Å². The fourth-order valence-electron chi connectivity index (χ4n) is 2.11. The van der Waals surface area contributed by atoms with Crippen molar-refractivity contribution in [2.45, 2.75) is 18.4 Å². The molecule has 1 aliphatic rings. The average molecular weight is 272 g/mol. The first-order valence-electron chi connectivity index (χ1n) is 6.00. The average Bonchev–Trinajstić information content (AvgIpc) is 3.21. The number of H-pyrrole nitrogens is 1. The fraction of sp³-hybridized carbons (Fsp3) is 0.231. The summed E-state index contributed by atoms with van der Waals surface area (Å²) in [4.78, 5) is 17.5. The molecular formula is C13H12N4OS. The molecule has 0 spiro atoms. The summed E-state index contributed by atoms with van der Waals surface area (Å²) in [6.45, 7) is 0. The van der Waals surface area contributed by atoms with Gasteiger partial charge in [-0.05, 0) is 23.6 Å². The SMILES string of the molecule is O=Nc1cnc(NC2(c3ccccc3)CC2)[nH]c1=S. The smallest absolute Gasteiger partial charge is 0.201 e. The molecule has 0 bridgehead atoms. The third-order valence-electron chi connectivity index (χ3n) is 3.31. The summed E-state index contributed by atoms with van der Waals surface area (Å²) in [6.07, 6.45) is 3.48. The Kier molecular flexibility index (Phi) is 2.87. The van der Waals surface area contributed by atoms with Crippen molar-refractivity contribution in [2.24, 2.45) is 5.18 Å². The first-order chi connectivity index (χ1) is 9.23. The predicted octanol–water partition coefficient (Wildman–Crippen LogP) is 3.64. The van der Waals surface area contributed by atoms with Crippen LogP contribution in [0.2, 0.25) is 0 Å². The Morgan fingerprint density at radius 2 is 2.05 bits per heavy atom. The van der Waals surface area contributed by atoms with Gasteiger partial charge in [0.15, 0.2) is 5.69 Å². The number of aromatic amines is 1. The number of nitrogens with one attached hydrogen (secondary N) is 2. The van der Waals surface area contributed by atoms with Crippen LogP contribution in [0.5, 0.6) is 0 Å². The van der Waals surface area contributed by atoms with Crippen molar-refractivity contribution in [3.05, 3.63) is 51.6 Å². The Morgan fingerprint density at radius 1 is 1.32 bits per heavy atom. The summed E-state index contributed by atoms with van der Waals surface area (Å²) in [5, 5.41) is 6.17. The Labute approximate surface area is 115 Å². The van der Waals surface area contributed by atoms with E-state index in [0.717, 1.165) is 12.8 Å². The predicted molar refractivity (Wildman–Crippen MR) is 75.9 cm³/mol. The molecule has 1 aliphatic carbocycles. The van der Waals surface area contributed by atoms with E-state index < -0.39 is 0 Å². The van der Waals surface area contributed by atoms with Crippen molar-refractivity contribution >= 4 is 23.9 Å². The van der Waals surface area contributed by atoms with Crippen molar-refractivity contribution in [3.8, 4) is 0 Å². The van der Waals surface area contributed by atoms with Crippen LogP contribution in [-0.4, -0.2) is 9.97 Å². The molecule has 2 N–H and O–H groups in total. The molecule has 2 aromatic rings. The van der Waals surface area contributed by atoms with E-state index in [-0.39, 0.29) is 11.2 Å². The van der Waals surface area contributed by atoms with Gasteiger partial charge in [-0.3, -0.25) is 0 Å². The van der Waals surface area contributed by atoms with Crippen molar-refractivity contribution in [1.82, 2.24) is 9.97 Å². The standard InChI is InChI=1S/C13H12N4OS/c18-17-10-8-14-12(15-11(10)19)16-13(6-7-13)9-4-2-1-3-5-9/h1-5,8H,6-7H2,(H2,14,15,16,19). The van der Waals surface area contributed by atoms with E-state index in [0.29, 0.717) is 10.6 Å². The molecule has 0 atom stereocenters. The van der Waals surface area contributed by atoms with Crippen molar-refractivity contribution in [1.29, 1.82) is 0 Å². The Morgan fingerprint density at radius 3 is 2.63 bits per heavy atom. The summed E-state index contributed by atoms with van der Waals surface area (Å²) in [5.41, 5.74) is 1.32. The van der Waals surface area contributed by atoms with Gasteiger partial charge in [-0.15, -0.1) is 4.91 Å². The molecule has 19 heavy (non-hydrogen) atoms. The van der Waals surface area contributed by atoms with Crippen LogP contribution in [0.15, 0.2) is 41.7 Å². The van der Waals surface area contributed by atoms with Crippen LogP contribution in [0, 0.1) is 9.55 Å². The molecule has 1 saturated carbocycles. The zero-order chi connectivity index (χ0) is 13.3. The van der Waals surface area contributed by atoms with E-state index >= 15 is 0 Å². The van der Waals surface area contributed by atoms with E-state index in [9.17, 15) is 4.91 Å². The zero-order valence-electron chi connectivity index (χ0n) is 10.1. The Hall–Kier alpha value is -2.08. The maximum atomic E-state index is 10.5. The Balaban J connectivity index is 1.88. The monoisotopic (exact) mass is 272 g/mol. The van der Waals surface area contributed by atoms with Gasteiger partial charge in [-0.1, -0.05) is 42.5 Å². The van der Waals surface area contributed by atoms with Crippen molar-refractivity contribution in [3.63, 3.8) is 0 Å². The summed E-state index contributed by atoms with van der Waals surface area (Å²) < 4.78 is 0.302. The second-order valence-corrected chi connectivity index (χ2v) is 5.02. The van der Waals surface area contributed by atoms with Crippen LogP contribution in [-0.2, 0) is 5.54 Å². The van der Waals surface area contributed by atoms with Gasteiger partial charge < -0.3 is 10.3 Å². The highest BCUT2D eigenvalue weighted by molar-refractivity contribution is 7.71. The molecule has 0 radical (unpaired) electrons. The van der Waals surface area contributed by atoms with Crippen LogP contribution in [0.3, 0.4) is 0 Å². The molecule has 5 nitrogen and oxygen atoms in total. The highest BCUT2D eigenvalue weighted by Gasteiger charge is 2.44. The fourth-order valence-corrected chi connectivity index (χ4v) is 2.30. The minimum atomic E-state index is -0.0668. The number of aromatic nitrogens is 2. The molecule has 1 aromatic carbocycles. The van der Waals surface area contributed by atoms with Gasteiger partial charge >= 0.3 is 0 Å². The molecule has 0 unspecified atom stereocenters. The number of benzene rings is 1. The van der Waals surface area contributed by atoms with Gasteiger partial charge in [-0.2, -0.15) is 0 Å². The van der Waals surface area contributed by atoms with Crippen molar-refractivity contribution < 1.29 is 0 Å². The topological polar surface area (TPSA) is 70.1 Å². The maximum absolute atomic E-state index is 10.5. The van der Waals surface area contributed by atoms with E-state index in [1.54, 1.807) is 0 Å². The number of nitroso groups, excluding NO2 is 1. The number of anilines is 1. The third-order valence-corrected chi connectivity index (χ3v) is 3.62. The van der Waals surface area contributed by atoms with E-state index in [2.05, 4.69) is 32.6 Å². The largest absolute Gasteiger partial charge is 0.346 e. The van der Waals surface area contributed by atoms with Crippen LogP contribution in [0.1, 0.15) is 18.4 Å². The molecule has 1 fully saturated rings. The molecule has 0 amide bonds. The summed E-state index contributed by atoms with van der Waals surface area (Å²) in [5.74, 6) is 0.568. The number of hydrogen-bond donors (Lipinski definition) is 2. The van der Waals surface area contributed by atoms with E-state index in [4.69, 9.17) is 12.2 Å². The second-order valence-electron chi connectivity index (χ2n) is 4.61. The first-order valence-corrected chi connectivity index (χ1v) is 6.41. The first kappa shape index (κ1) is 12.0. The molecule has 0 saturated heterocycles. The van der Waals surface area contributed by atoms with Gasteiger partial charge in [0.2, 0.25) is 5.95 Å². The lowest BCUT2D eigenvalue weighted by atomic mass is 10.1. The van der Waals surface area contributed by atoms with E-state index in [1.165, 1.54) is 11.8 Å². The van der Waals surface area contributed by atoms with E-state index in [1.807, 2.05) is 18.2 Å². The highest BCUT2D eigenvalue weighted by atomic mass is 32.1.